The van der Waals surface area contributed by atoms with Crippen molar-refractivity contribution in [3.63, 3.8) is 0 Å². The average Bonchev–Trinajstić information content (AvgIpc) is 3.69. The Morgan fingerprint density at radius 2 is 0.794 bits per heavy atom. The summed E-state index contributed by atoms with van der Waals surface area (Å²) in [7, 11) is 0. The highest BCUT2D eigenvalue weighted by Crippen LogP contribution is 2.41. The van der Waals surface area contributed by atoms with Gasteiger partial charge in [-0.3, -0.25) is 0 Å². The number of nitrogens with zero attached hydrogens (tertiary/aromatic N) is 4. The van der Waals surface area contributed by atoms with E-state index in [-0.39, 0.29) is 0 Å². The van der Waals surface area contributed by atoms with E-state index in [1.54, 1.807) is 0 Å². The van der Waals surface area contributed by atoms with Crippen molar-refractivity contribution in [2.75, 3.05) is 0 Å². The van der Waals surface area contributed by atoms with E-state index in [2.05, 4.69) is 223 Å². The fourth-order valence-corrected chi connectivity index (χ4v) is 9.13. The molecule has 4 nitrogen and oxygen atoms in total. The van der Waals surface area contributed by atoms with Crippen molar-refractivity contribution in [2.24, 2.45) is 0 Å². The minimum absolute atomic E-state index is 0.689. The van der Waals surface area contributed by atoms with Crippen LogP contribution in [0, 0.1) is 0 Å². The van der Waals surface area contributed by atoms with Crippen LogP contribution in [0.4, 0.5) is 0 Å². The fraction of sp³-hybridized carbons (Fsp3) is 0. The number of benzene rings is 9. The van der Waals surface area contributed by atoms with Crippen molar-refractivity contribution in [1.82, 2.24) is 19.5 Å². The smallest absolute Gasteiger partial charge is 0.160 e. The molecule has 0 bridgehead atoms. The van der Waals surface area contributed by atoms with Gasteiger partial charge in [0.1, 0.15) is 0 Å². The SMILES string of the molecule is c1ccc(-c2cccc(-c3nc(-c4ccccc4)cc(-c4cccc(-c5ccc6c(c5)c5cc7nc(-c8ccccc8)c8ccccc8c7cc5n6-c5ccccc5)c4)n3)c2)cc1. The molecule has 0 amide bonds. The van der Waals surface area contributed by atoms with Crippen molar-refractivity contribution >= 4 is 43.5 Å². The van der Waals surface area contributed by atoms with Crippen molar-refractivity contribution < 1.29 is 0 Å². The molecule has 0 radical (unpaired) electrons. The van der Waals surface area contributed by atoms with E-state index in [0.717, 1.165) is 100.0 Å². The van der Waals surface area contributed by atoms with E-state index < -0.39 is 0 Å². The van der Waals surface area contributed by atoms with Gasteiger partial charge in [0.15, 0.2) is 5.82 Å². The molecular weight excluding hydrogens is 765 g/mol. The van der Waals surface area contributed by atoms with E-state index in [9.17, 15) is 0 Å². The van der Waals surface area contributed by atoms with E-state index >= 15 is 0 Å². The normalized spacial score (nSPS) is 11.5. The predicted octanol–water partition coefficient (Wildman–Crippen LogP) is 15.3. The number of pyridine rings is 1. The summed E-state index contributed by atoms with van der Waals surface area (Å²) in [5.74, 6) is 0.689. The van der Waals surface area contributed by atoms with Gasteiger partial charge in [-0.15, -0.1) is 0 Å². The third-order valence-corrected chi connectivity index (χ3v) is 12.2. The van der Waals surface area contributed by atoms with Crippen molar-refractivity contribution in [2.45, 2.75) is 0 Å². The van der Waals surface area contributed by atoms with Gasteiger partial charge in [0.2, 0.25) is 0 Å². The molecule has 0 saturated carbocycles. The van der Waals surface area contributed by atoms with Crippen LogP contribution in [-0.2, 0) is 0 Å². The van der Waals surface area contributed by atoms with Gasteiger partial charge in [0.05, 0.1) is 33.6 Å². The maximum atomic E-state index is 5.40. The molecule has 0 atom stereocenters. The second-order valence-corrected chi connectivity index (χ2v) is 16.0. The number of rotatable bonds is 7. The molecule has 3 aromatic heterocycles. The van der Waals surface area contributed by atoms with Crippen LogP contribution in [0.3, 0.4) is 0 Å². The lowest BCUT2D eigenvalue weighted by Gasteiger charge is -2.12. The molecule has 3 heterocycles. The predicted molar refractivity (Wildman–Crippen MR) is 262 cm³/mol. The number of hydrogen-bond donors (Lipinski definition) is 0. The topological polar surface area (TPSA) is 43.6 Å². The molecule has 0 fully saturated rings. The Morgan fingerprint density at radius 1 is 0.270 bits per heavy atom. The molecule has 0 aliphatic rings. The first-order valence-corrected chi connectivity index (χ1v) is 21.3. The molecule has 12 rings (SSSR count). The van der Waals surface area contributed by atoms with E-state index in [1.165, 1.54) is 10.8 Å². The van der Waals surface area contributed by atoms with Gasteiger partial charge in [-0.05, 0) is 82.2 Å². The highest BCUT2D eigenvalue weighted by molar-refractivity contribution is 6.19. The van der Waals surface area contributed by atoms with E-state index in [0.29, 0.717) is 5.82 Å². The van der Waals surface area contributed by atoms with Crippen LogP contribution in [-0.4, -0.2) is 19.5 Å². The summed E-state index contributed by atoms with van der Waals surface area (Å²) in [5.41, 5.74) is 15.8. The molecule has 0 unspecified atom stereocenters. The summed E-state index contributed by atoms with van der Waals surface area (Å²) in [4.78, 5) is 15.8. The lowest BCUT2D eigenvalue weighted by Crippen LogP contribution is -1.96. The highest BCUT2D eigenvalue weighted by atomic mass is 15.0. The number of para-hydroxylation sites is 1. The Labute approximate surface area is 365 Å². The van der Waals surface area contributed by atoms with Crippen molar-refractivity contribution in [3.05, 3.63) is 231 Å². The Hall–Kier alpha value is -8.47. The van der Waals surface area contributed by atoms with E-state index in [4.69, 9.17) is 15.0 Å². The number of hydrogen-bond acceptors (Lipinski definition) is 3. The van der Waals surface area contributed by atoms with Crippen molar-refractivity contribution in [3.8, 4) is 73.1 Å². The molecule has 0 saturated heterocycles. The Kier molecular flexibility index (Phi) is 8.79. The third kappa shape index (κ3) is 6.53. The monoisotopic (exact) mass is 802 g/mol. The van der Waals surface area contributed by atoms with Crippen LogP contribution in [0.15, 0.2) is 231 Å². The van der Waals surface area contributed by atoms with Gasteiger partial charge in [-0.1, -0.05) is 176 Å². The van der Waals surface area contributed by atoms with Gasteiger partial charge in [-0.25, -0.2) is 15.0 Å². The van der Waals surface area contributed by atoms with Gasteiger partial charge >= 0.3 is 0 Å². The molecule has 0 aliphatic carbocycles. The summed E-state index contributed by atoms with van der Waals surface area (Å²) in [5, 5.41) is 5.80. The third-order valence-electron chi connectivity index (χ3n) is 12.2. The molecule has 12 aromatic rings. The zero-order valence-corrected chi connectivity index (χ0v) is 34.2. The van der Waals surface area contributed by atoms with Crippen LogP contribution >= 0.6 is 0 Å². The first-order chi connectivity index (χ1) is 31.2. The van der Waals surface area contributed by atoms with Gasteiger partial charge in [0.25, 0.3) is 0 Å². The highest BCUT2D eigenvalue weighted by Gasteiger charge is 2.19. The summed E-state index contributed by atoms with van der Waals surface area (Å²) >= 11 is 0. The van der Waals surface area contributed by atoms with Crippen molar-refractivity contribution in [1.29, 1.82) is 0 Å². The second-order valence-electron chi connectivity index (χ2n) is 16.0. The zero-order chi connectivity index (χ0) is 41.7. The molecule has 4 heteroatoms. The first-order valence-electron chi connectivity index (χ1n) is 21.3. The lowest BCUT2D eigenvalue weighted by molar-refractivity contribution is 1.18. The molecule has 9 aromatic carbocycles. The Bertz CT molecular complexity index is 3650. The van der Waals surface area contributed by atoms with Gasteiger partial charge < -0.3 is 4.57 Å². The summed E-state index contributed by atoms with van der Waals surface area (Å²) in [6, 6.07) is 81.5. The minimum Gasteiger partial charge on any atom is -0.309 e. The summed E-state index contributed by atoms with van der Waals surface area (Å²) in [6.45, 7) is 0. The number of fused-ring (bicyclic) bond motifs is 6. The van der Waals surface area contributed by atoms with Crippen LogP contribution in [0.1, 0.15) is 0 Å². The zero-order valence-electron chi connectivity index (χ0n) is 34.2. The maximum absolute atomic E-state index is 5.40. The standard InChI is InChI=1S/C59H38N4/c1-5-17-39(18-6-1)42-23-16-26-46(34-42)59-61-53(40-19-7-2-8-20-40)38-54(62-59)45-25-15-24-43(33-45)44-31-32-56-51(35-44)52-36-55-50(37-57(52)63(56)47-27-11-4-12-28-47)48-29-13-14-30-49(48)58(60-55)41-21-9-3-10-22-41/h1-38H. The minimum atomic E-state index is 0.689. The molecular formula is C59H38N4. The molecule has 0 N–H and O–H groups in total. The Morgan fingerprint density at radius 3 is 1.52 bits per heavy atom. The van der Waals surface area contributed by atoms with Gasteiger partial charge in [0, 0.05) is 49.5 Å². The second kappa shape index (κ2) is 15.2. The van der Waals surface area contributed by atoms with Crippen LogP contribution in [0.25, 0.3) is 117 Å². The van der Waals surface area contributed by atoms with Crippen LogP contribution in [0.5, 0.6) is 0 Å². The largest absolute Gasteiger partial charge is 0.309 e. The molecule has 0 aliphatic heterocycles. The fourth-order valence-electron chi connectivity index (χ4n) is 9.13. The molecule has 63 heavy (non-hydrogen) atoms. The number of aromatic nitrogens is 4. The Balaban J connectivity index is 1.03. The lowest BCUT2D eigenvalue weighted by atomic mass is 9.97. The summed E-state index contributed by atoms with van der Waals surface area (Å²) in [6.07, 6.45) is 0. The molecule has 0 spiro atoms. The quantitative estimate of drug-likeness (QED) is 0.151. The average molecular weight is 803 g/mol. The first kappa shape index (κ1) is 36.4. The maximum Gasteiger partial charge on any atom is 0.160 e. The van der Waals surface area contributed by atoms with Gasteiger partial charge in [-0.2, -0.15) is 0 Å². The van der Waals surface area contributed by atoms with E-state index in [1.807, 2.05) is 12.1 Å². The summed E-state index contributed by atoms with van der Waals surface area (Å²) < 4.78 is 2.39. The molecule has 294 valence electrons. The van der Waals surface area contributed by atoms with Crippen LogP contribution < -0.4 is 0 Å². The van der Waals surface area contributed by atoms with Crippen LogP contribution in [0.2, 0.25) is 0 Å².